The van der Waals surface area contributed by atoms with Crippen LogP contribution in [-0.2, 0) is 13.5 Å². The third-order valence-corrected chi connectivity index (χ3v) is 2.81. The molecule has 2 nitrogen and oxygen atoms in total. The fraction of sp³-hybridized carbons (Fsp3) is 0.417. The zero-order chi connectivity index (χ0) is 10.0. The summed E-state index contributed by atoms with van der Waals surface area (Å²) in [6.45, 7) is 2.28. The Morgan fingerprint density at radius 2 is 2.27 bits per heavy atom. The van der Waals surface area contributed by atoms with Crippen LogP contribution in [0.1, 0.15) is 19.2 Å². The molecule has 0 saturated heterocycles. The zero-order valence-electron chi connectivity index (χ0n) is 9.18. The Morgan fingerprint density at radius 3 is 2.80 bits per heavy atom. The van der Waals surface area contributed by atoms with Crippen LogP contribution >= 0.6 is 12.4 Å². The van der Waals surface area contributed by atoms with Gasteiger partial charge in [-0.25, -0.2) is 4.98 Å². The standard InChI is InChI=1S/C12H16N2.ClH/c1-12(6-4-3-5-7-12)10-11-13-8-9-14(11)2;/h3-6,8-9H,7,10H2,1-2H3;1H. The molecule has 0 N–H and O–H groups in total. The number of allylic oxidation sites excluding steroid dienone is 4. The molecule has 1 aromatic heterocycles. The minimum atomic E-state index is 0. The van der Waals surface area contributed by atoms with Gasteiger partial charge in [-0.05, 0) is 11.8 Å². The van der Waals surface area contributed by atoms with Gasteiger partial charge >= 0.3 is 0 Å². The fourth-order valence-electron chi connectivity index (χ4n) is 1.83. The van der Waals surface area contributed by atoms with Gasteiger partial charge in [0.05, 0.1) is 0 Å². The largest absolute Gasteiger partial charge is 0.338 e. The average molecular weight is 225 g/mol. The molecule has 0 saturated carbocycles. The van der Waals surface area contributed by atoms with Gasteiger partial charge in [-0.2, -0.15) is 0 Å². The molecule has 0 bridgehead atoms. The van der Waals surface area contributed by atoms with Crippen LogP contribution in [0.4, 0.5) is 0 Å². The molecule has 0 aliphatic heterocycles. The second-order valence-electron chi connectivity index (χ2n) is 4.28. The summed E-state index contributed by atoms with van der Waals surface area (Å²) >= 11 is 0. The van der Waals surface area contributed by atoms with Gasteiger partial charge in [0.25, 0.3) is 0 Å². The van der Waals surface area contributed by atoms with Gasteiger partial charge in [0, 0.05) is 25.9 Å². The van der Waals surface area contributed by atoms with Crippen molar-refractivity contribution in [1.82, 2.24) is 9.55 Å². The number of nitrogens with zero attached hydrogens (tertiary/aromatic N) is 2. The van der Waals surface area contributed by atoms with Gasteiger partial charge < -0.3 is 4.57 Å². The Morgan fingerprint density at radius 1 is 1.47 bits per heavy atom. The van der Waals surface area contributed by atoms with E-state index in [0.29, 0.717) is 0 Å². The molecule has 0 radical (unpaired) electrons. The maximum Gasteiger partial charge on any atom is 0.109 e. The van der Waals surface area contributed by atoms with Gasteiger partial charge in [0.2, 0.25) is 0 Å². The minimum Gasteiger partial charge on any atom is -0.338 e. The summed E-state index contributed by atoms with van der Waals surface area (Å²) in [7, 11) is 2.05. The molecule has 0 fully saturated rings. The number of rotatable bonds is 2. The molecule has 1 aliphatic rings. The molecule has 0 amide bonds. The van der Waals surface area contributed by atoms with E-state index in [1.807, 2.05) is 19.4 Å². The van der Waals surface area contributed by atoms with Crippen LogP contribution in [0.15, 0.2) is 36.7 Å². The fourth-order valence-corrected chi connectivity index (χ4v) is 1.83. The van der Waals surface area contributed by atoms with E-state index in [2.05, 4.69) is 40.8 Å². The highest BCUT2D eigenvalue weighted by Gasteiger charge is 2.22. The van der Waals surface area contributed by atoms with Crippen molar-refractivity contribution < 1.29 is 0 Å². The molecule has 1 heterocycles. The van der Waals surface area contributed by atoms with E-state index in [9.17, 15) is 0 Å². The van der Waals surface area contributed by atoms with Crippen LogP contribution in [0.25, 0.3) is 0 Å². The molecular weight excluding hydrogens is 208 g/mol. The summed E-state index contributed by atoms with van der Waals surface area (Å²) in [5, 5.41) is 0. The predicted molar refractivity (Wildman–Crippen MR) is 65.2 cm³/mol. The van der Waals surface area contributed by atoms with E-state index < -0.39 is 0 Å². The molecule has 0 spiro atoms. The average Bonchev–Trinajstić information content (AvgIpc) is 2.52. The molecule has 15 heavy (non-hydrogen) atoms. The quantitative estimate of drug-likeness (QED) is 0.756. The lowest BCUT2D eigenvalue weighted by atomic mass is 9.80. The molecule has 1 unspecified atom stereocenters. The Balaban J connectivity index is 0.00000112. The van der Waals surface area contributed by atoms with Crippen LogP contribution in [-0.4, -0.2) is 9.55 Å². The molecule has 1 atom stereocenters. The van der Waals surface area contributed by atoms with Crippen molar-refractivity contribution in [3.8, 4) is 0 Å². The lowest BCUT2D eigenvalue weighted by Gasteiger charge is -2.25. The third kappa shape index (κ3) is 2.72. The number of hydrogen-bond donors (Lipinski definition) is 0. The van der Waals surface area contributed by atoms with Crippen molar-refractivity contribution in [2.75, 3.05) is 0 Å². The summed E-state index contributed by atoms with van der Waals surface area (Å²) < 4.78 is 2.09. The Kier molecular flexibility index (Phi) is 3.75. The van der Waals surface area contributed by atoms with E-state index in [1.165, 1.54) is 0 Å². The third-order valence-electron chi connectivity index (χ3n) is 2.81. The smallest absolute Gasteiger partial charge is 0.109 e. The van der Waals surface area contributed by atoms with Crippen LogP contribution in [0.2, 0.25) is 0 Å². The van der Waals surface area contributed by atoms with E-state index >= 15 is 0 Å². The first-order chi connectivity index (χ1) is 6.70. The van der Waals surface area contributed by atoms with Gasteiger partial charge in [-0.1, -0.05) is 31.2 Å². The summed E-state index contributed by atoms with van der Waals surface area (Å²) in [4.78, 5) is 4.36. The van der Waals surface area contributed by atoms with E-state index in [-0.39, 0.29) is 17.8 Å². The maximum absolute atomic E-state index is 4.36. The van der Waals surface area contributed by atoms with Crippen molar-refractivity contribution in [3.63, 3.8) is 0 Å². The summed E-state index contributed by atoms with van der Waals surface area (Å²) in [5.41, 5.74) is 0.244. The molecule has 2 rings (SSSR count). The molecule has 82 valence electrons. The predicted octanol–water partition coefficient (Wildman–Crippen LogP) is 2.91. The minimum absolute atomic E-state index is 0. The second kappa shape index (κ2) is 4.67. The topological polar surface area (TPSA) is 17.8 Å². The van der Waals surface area contributed by atoms with E-state index in [0.717, 1.165) is 18.7 Å². The maximum atomic E-state index is 4.36. The molecule has 3 heteroatoms. The van der Waals surface area contributed by atoms with Crippen LogP contribution in [0.5, 0.6) is 0 Å². The van der Waals surface area contributed by atoms with E-state index in [1.54, 1.807) is 0 Å². The van der Waals surface area contributed by atoms with Gasteiger partial charge in [-0.3, -0.25) is 0 Å². The van der Waals surface area contributed by atoms with Crippen molar-refractivity contribution in [1.29, 1.82) is 0 Å². The lowest BCUT2D eigenvalue weighted by molar-refractivity contribution is 0.411. The SMILES string of the molecule is Cl.Cn1ccnc1CC1(C)C=CC=CC1. The molecule has 1 aromatic rings. The first-order valence-corrected chi connectivity index (χ1v) is 5.00. The highest BCUT2D eigenvalue weighted by atomic mass is 35.5. The Bertz CT molecular complexity index is 379. The highest BCUT2D eigenvalue weighted by molar-refractivity contribution is 5.85. The molecule has 0 aromatic carbocycles. The Hall–Kier alpha value is -1.02. The van der Waals surface area contributed by atoms with Gasteiger partial charge in [-0.15, -0.1) is 12.4 Å². The van der Waals surface area contributed by atoms with Crippen LogP contribution in [0.3, 0.4) is 0 Å². The Labute approximate surface area is 97.1 Å². The normalized spacial score (nSPS) is 23.9. The van der Waals surface area contributed by atoms with Gasteiger partial charge in [0.1, 0.15) is 5.82 Å². The van der Waals surface area contributed by atoms with Crippen molar-refractivity contribution >= 4 is 12.4 Å². The first kappa shape index (κ1) is 12.1. The van der Waals surface area contributed by atoms with Crippen LogP contribution < -0.4 is 0 Å². The van der Waals surface area contributed by atoms with E-state index in [4.69, 9.17) is 0 Å². The second-order valence-corrected chi connectivity index (χ2v) is 4.28. The number of aryl methyl sites for hydroxylation is 1. The zero-order valence-corrected chi connectivity index (χ0v) is 10.00. The number of aromatic nitrogens is 2. The lowest BCUT2D eigenvalue weighted by Crippen LogP contribution is -2.19. The monoisotopic (exact) mass is 224 g/mol. The molecule has 1 aliphatic carbocycles. The van der Waals surface area contributed by atoms with Crippen molar-refractivity contribution in [3.05, 3.63) is 42.5 Å². The first-order valence-electron chi connectivity index (χ1n) is 5.00. The summed E-state index contributed by atoms with van der Waals surface area (Å²) in [6, 6.07) is 0. The highest BCUT2D eigenvalue weighted by Crippen LogP contribution is 2.30. The number of imidazole rings is 1. The van der Waals surface area contributed by atoms with Gasteiger partial charge in [0.15, 0.2) is 0 Å². The number of hydrogen-bond acceptors (Lipinski definition) is 1. The summed E-state index contributed by atoms with van der Waals surface area (Å²) in [5.74, 6) is 1.16. The molecular formula is C12H17ClN2. The summed E-state index contributed by atoms with van der Waals surface area (Å²) in [6.07, 6.45) is 14.7. The number of halogens is 1. The van der Waals surface area contributed by atoms with Crippen LogP contribution in [0, 0.1) is 5.41 Å². The van der Waals surface area contributed by atoms with Crippen molar-refractivity contribution in [2.24, 2.45) is 12.5 Å². The van der Waals surface area contributed by atoms with Crippen molar-refractivity contribution in [2.45, 2.75) is 19.8 Å².